The van der Waals surface area contributed by atoms with Crippen LogP contribution in [0.5, 0.6) is 5.75 Å². The molecular weight excluding hydrogens is 291 g/mol. The zero-order valence-corrected chi connectivity index (χ0v) is 12.4. The third-order valence-electron chi connectivity index (χ3n) is 3.32. The van der Waals surface area contributed by atoms with E-state index in [1.807, 2.05) is 24.3 Å². The van der Waals surface area contributed by atoms with Crippen LogP contribution in [0.1, 0.15) is 23.1 Å². The van der Waals surface area contributed by atoms with Crippen LogP contribution in [0.25, 0.3) is 11.0 Å². The summed E-state index contributed by atoms with van der Waals surface area (Å²) in [5.41, 5.74) is 5.04. The van der Waals surface area contributed by atoms with Gasteiger partial charge in [-0.1, -0.05) is 29.7 Å². The van der Waals surface area contributed by atoms with Crippen molar-refractivity contribution in [3.8, 4) is 5.75 Å². The molecule has 1 amide bonds. The first-order chi connectivity index (χ1) is 11.0. The van der Waals surface area contributed by atoms with Crippen molar-refractivity contribution in [3.05, 3.63) is 53.9 Å². The van der Waals surface area contributed by atoms with E-state index in [1.54, 1.807) is 6.92 Å². The van der Waals surface area contributed by atoms with Crippen molar-refractivity contribution in [1.29, 1.82) is 0 Å². The van der Waals surface area contributed by atoms with E-state index in [0.717, 1.165) is 11.0 Å². The second kappa shape index (κ2) is 5.96. The van der Waals surface area contributed by atoms with Crippen molar-refractivity contribution in [3.63, 3.8) is 0 Å². The van der Waals surface area contributed by atoms with E-state index in [9.17, 15) is 9.90 Å². The van der Waals surface area contributed by atoms with Gasteiger partial charge in [-0.2, -0.15) is 5.10 Å². The number of hydrogen-bond donors (Lipinski definition) is 3. The van der Waals surface area contributed by atoms with Gasteiger partial charge in [0.05, 0.1) is 16.6 Å². The van der Waals surface area contributed by atoms with Crippen LogP contribution in [-0.2, 0) is 0 Å². The zero-order valence-electron chi connectivity index (χ0n) is 12.4. The maximum absolute atomic E-state index is 12.1. The summed E-state index contributed by atoms with van der Waals surface area (Å²) in [4.78, 5) is 19.6. The Morgan fingerprint density at radius 3 is 2.87 bits per heavy atom. The number of nitrogens with zero attached hydrogens (tertiary/aromatic N) is 2. The molecule has 3 N–H and O–H groups in total. The highest BCUT2D eigenvalue weighted by atomic mass is 16.3. The molecular formula is C16H13BN4O2. The fraction of sp³-hybridized carbons (Fsp3) is 0.0625. The number of aromatic nitrogens is 2. The predicted molar refractivity (Wildman–Crippen MR) is 89.3 cm³/mol. The molecule has 2 radical (unpaired) electrons. The lowest BCUT2D eigenvalue weighted by atomic mass is 9.94. The third-order valence-corrected chi connectivity index (χ3v) is 3.32. The van der Waals surface area contributed by atoms with Crippen LogP contribution in [0.4, 0.5) is 0 Å². The number of fused-ring (bicyclic) bond motifs is 1. The van der Waals surface area contributed by atoms with Crippen molar-refractivity contribution in [1.82, 2.24) is 15.4 Å². The quantitative estimate of drug-likeness (QED) is 0.386. The van der Waals surface area contributed by atoms with Crippen LogP contribution in [0.2, 0.25) is 0 Å². The monoisotopic (exact) mass is 304 g/mol. The Morgan fingerprint density at radius 2 is 2.09 bits per heavy atom. The number of rotatable bonds is 3. The number of aromatic hydroxyl groups is 1. The molecule has 6 nitrogen and oxygen atoms in total. The first-order valence-electron chi connectivity index (χ1n) is 6.93. The molecule has 0 saturated carbocycles. The minimum atomic E-state index is -0.551. The number of carbonyl (C=O) groups excluding carboxylic acids is 1. The van der Waals surface area contributed by atoms with E-state index >= 15 is 0 Å². The highest BCUT2D eigenvalue weighted by Gasteiger charge is 2.11. The zero-order chi connectivity index (χ0) is 16.4. The van der Waals surface area contributed by atoms with Gasteiger partial charge in [-0.3, -0.25) is 4.79 Å². The highest BCUT2D eigenvalue weighted by molar-refractivity contribution is 6.32. The maximum Gasteiger partial charge on any atom is 0.275 e. The summed E-state index contributed by atoms with van der Waals surface area (Å²) in [6, 6.07) is 11.8. The standard InChI is InChI=1S/C16H13BN4O2/c1-9(15-18-12-4-2-3-5-13(12)19-15)20-21-16(23)11-8-10(17)6-7-14(11)22/h2-8,22H,1H3,(H,18,19)(H,21,23)/b20-9+. The van der Waals surface area contributed by atoms with E-state index in [2.05, 4.69) is 20.5 Å². The molecule has 23 heavy (non-hydrogen) atoms. The second-order valence-corrected chi connectivity index (χ2v) is 5.02. The number of carbonyl (C=O) groups is 1. The molecule has 0 bridgehead atoms. The SMILES string of the molecule is [B]c1ccc(O)c(C(=O)N/N=C(\C)c2nc3ccccc3[nH]2)c1. The van der Waals surface area contributed by atoms with Crippen molar-refractivity contribution >= 4 is 36.0 Å². The summed E-state index contributed by atoms with van der Waals surface area (Å²) in [5.74, 6) is -0.151. The van der Waals surface area contributed by atoms with Gasteiger partial charge >= 0.3 is 0 Å². The minimum absolute atomic E-state index is 0.0613. The first kappa shape index (κ1) is 14.8. The van der Waals surface area contributed by atoms with E-state index in [4.69, 9.17) is 7.85 Å². The van der Waals surface area contributed by atoms with E-state index in [1.165, 1.54) is 18.2 Å². The summed E-state index contributed by atoms with van der Waals surface area (Å²) < 4.78 is 0. The van der Waals surface area contributed by atoms with Gasteiger partial charge in [0.15, 0.2) is 5.82 Å². The fourth-order valence-corrected chi connectivity index (χ4v) is 2.11. The van der Waals surface area contributed by atoms with Gasteiger partial charge in [0, 0.05) is 0 Å². The molecule has 0 unspecified atom stereocenters. The Balaban J connectivity index is 1.81. The van der Waals surface area contributed by atoms with Gasteiger partial charge in [-0.25, -0.2) is 10.4 Å². The van der Waals surface area contributed by atoms with Crippen LogP contribution >= 0.6 is 0 Å². The lowest BCUT2D eigenvalue weighted by Gasteiger charge is -2.05. The average Bonchev–Trinajstić information content (AvgIpc) is 2.98. The van der Waals surface area contributed by atoms with Crippen LogP contribution in [0, 0.1) is 0 Å². The summed E-state index contributed by atoms with van der Waals surface area (Å²) in [6.07, 6.45) is 0. The normalized spacial score (nSPS) is 11.6. The molecule has 0 aliphatic carbocycles. The van der Waals surface area contributed by atoms with E-state index in [0.29, 0.717) is 17.0 Å². The molecule has 1 aromatic heterocycles. The van der Waals surface area contributed by atoms with Crippen LogP contribution in [0.3, 0.4) is 0 Å². The molecule has 3 aromatic rings. The Morgan fingerprint density at radius 1 is 1.30 bits per heavy atom. The number of benzene rings is 2. The van der Waals surface area contributed by atoms with Crippen LogP contribution in [-0.4, -0.2) is 34.5 Å². The van der Waals surface area contributed by atoms with E-state index in [-0.39, 0.29) is 11.3 Å². The summed E-state index contributed by atoms with van der Waals surface area (Å²) in [6.45, 7) is 1.72. The largest absolute Gasteiger partial charge is 0.507 e. The average molecular weight is 304 g/mol. The Kier molecular flexibility index (Phi) is 3.84. The van der Waals surface area contributed by atoms with Crippen molar-refractivity contribution in [2.45, 2.75) is 6.92 Å². The van der Waals surface area contributed by atoms with E-state index < -0.39 is 5.91 Å². The van der Waals surface area contributed by atoms with Gasteiger partial charge < -0.3 is 10.1 Å². The highest BCUT2D eigenvalue weighted by Crippen LogP contribution is 2.14. The predicted octanol–water partition coefficient (Wildman–Crippen LogP) is 1.22. The number of hydrazone groups is 1. The molecule has 112 valence electrons. The van der Waals surface area contributed by atoms with Crippen LogP contribution < -0.4 is 10.9 Å². The van der Waals surface area contributed by atoms with Gasteiger partial charge in [-0.15, -0.1) is 0 Å². The second-order valence-electron chi connectivity index (χ2n) is 5.02. The van der Waals surface area contributed by atoms with Gasteiger partial charge in [0.2, 0.25) is 0 Å². The smallest absolute Gasteiger partial charge is 0.275 e. The van der Waals surface area contributed by atoms with Crippen molar-refractivity contribution in [2.75, 3.05) is 0 Å². The number of hydrogen-bond acceptors (Lipinski definition) is 4. The molecule has 2 aromatic carbocycles. The number of amides is 1. The first-order valence-corrected chi connectivity index (χ1v) is 6.93. The number of aromatic amines is 1. The minimum Gasteiger partial charge on any atom is -0.507 e. The number of nitrogens with one attached hydrogen (secondary N) is 2. The Bertz CT molecular complexity index is 884. The summed E-state index contributed by atoms with van der Waals surface area (Å²) >= 11 is 0. The van der Waals surface area contributed by atoms with Gasteiger partial charge in [0.25, 0.3) is 5.91 Å². The lowest BCUT2D eigenvalue weighted by Crippen LogP contribution is -2.21. The molecule has 3 rings (SSSR count). The molecule has 0 fully saturated rings. The van der Waals surface area contributed by atoms with Crippen molar-refractivity contribution in [2.24, 2.45) is 5.10 Å². The Hall–Kier alpha value is -3.09. The molecule has 1 heterocycles. The number of H-pyrrole nitrogens is 1. The summed E-state index contributed by atoms with van der Waals surface area (Å²) in [5, 5.41) is 13.7. The van der Waals surface area contributed by atoms with Gasteiger partial charge in [-0.05, 0) is 25.1 Å². The topological polar surface area (TPSA) is 90.4 Å². The van der Waals surface area contributed by atoms with Crippen LogP contribution in [0.15, 0.2) is 47.6 Å². The third kappa shape index (κ3) is 3.08. The Labute approximate surface area is 133 Å². The number of para-hydroxylation sites is 2. The summed E-state index contributed by atoms with van der Waals surface area (Å²) in [7, 11) is 5.61. The number of imidazole rings is 1. The maximum atomic E-state index is 12.1. The molecule has 0 atom stereocenters. The lowest BCUT2D eigenvalue weighted by molar-refractivity contribution is 0.0952. The number of phenols is 1. The molecule has 0 aliphatic heterocycles. The number of phenolic OH excluding ortho intramolecular Hbond substituents is 1. The van der Waals surface area contributed by atoms with Gasteiger partial charge in [0.1, 0.15) is 19.3 Å². The molecule has 0 aliphatic rings. The molecule has 0 spiro atoms. The molecule has 7 heteroatoms. The fourth-order valence-electron chi connectivity index (χ4n) is 2.11. The molecule has 0 saturated heterocycles. The van der Waals surface area contributed by atoms with Crippen molar-refractivity contribution < 1.29 is 9.90 Å².